The van der Waals surface area contributed by atoms with E-state index in [1.807, 2.05) is 6.07 Å². The quantitative estimate of drug-likeness (QED) is 0.725. The van der Waals surface area contributed by atoms with Crippen molar-refractivity contribution >= 4 is 27.0 Å². The minimum absolute atomic E-state index is 0.506. The van der Waals surface area contributed by atoms with Gasteiger partial charge in [-0.2, -0.15) is 0 Å². The molecular formula is C19H20BrN3. The zero-order chi connectivity index (χ0) is 15.6. The standard InChI is InChI=1S/C19H20BrN3/c20-16-9-7-14(8-10-16)12-23-11-3-4-15(13-23)19-21-17-5-1-2-6-18(17)22-19/h1-2,5-10,15H,3-4,11-13H2,(H,21,22)/t15-/m0/s1. The first kappa shape index (κ1) is 14.9. The molecule has 0 bridgehead atoms. The Morgan fingerprint density at radius 1 is 1.13 bits per heavy atom. The summed E-state index contributed by atoms with van der Waals surface area (Å²) < 4.78 is 1.14. The van der Waals surface area contributed by atoms with Gasteiger partial charge < -0.3 is 4.98 Å². The predicted octanol–water partition coefficient (Wildman–Crippen LogP) is 4.71. The molecule has 1 N–H and O–H groups in total. The van der Waals surface area contributed by atoms with Gasteiger partial charge in [-0.1, -0.05) is 40.2 Å². The van der Waals surface area contributed by atoms with E-state index in [9.17, 15) is 0 Å². The lowest BCUT2D eigenvalue weighted by Crippen LogP contribution is -2.34. The Kier molecular flexibility index (Phi) is 4.19. The molecule has 0 saturated carbocycles. The Morgan fingerprint density at radius 2 is 1.96 bits per heavy atom. The van der Waals surface area contributed by atoms with Gasteiger partial charge in [0.05, 0.1) is 11.0 Å². The van der Waals surface area contributed by atoms with Gasteiger partial charge in [0.25, 0.3) is 0 Å². The van der Waals surface area contributed by atoms with E-state index in [1.165, 1.54) is 24.9 Å². The fraction of sp³-hybridized carbons (Fsp3) is 0.316. The highest BCUT2D eigenvalue weighted by Crippen LogP contribution is 2.27. The van der Waals surface area contributed by atoms with Gasteiger partial charge in [-0.05, 0) is 49.2 Å². The zero-order valence-corrected chi connectivity index (χ0v) is 14.6. The summed E-state index contributed by atoms with van der Waals surface area (Å²) in [6.45, 7) is 3.27. The molecule has 0 aliphatic carbocycles. The van der Waals surface area contributed by atoms with Crippen LogP contribution in [-0.4, -0.2) is 28.0 Å². The Labute approximate surface area is 144 Å². The van der Waals surface area contributed by atoms with Gasteiger partial charge in [0.15, 0.2) is 0 Å². The first-order valence-corrected chi connectivity index (χ1v) is 8.99. The lowest BCUT2D eigenvalue weighted by molar-refractivity contribution is 0.197. The summed E-state index contributed by atoms with van der Waals surface area (Å²) in [4.78, 5) is 10.9. The van der Waals surface area contributed by atoms with Crippen LogP contribution in [0.4, 0.5) is 0 Å². The highest BCUT2D eigenvalue weighted by atomic mass is 79.9. The normalized spacial score (nSPS) is 19.3. The molecular weight excluding hydrogens is 350 g/mol. The molecule has 1 saturated heterocycles. The van der Waals surface area contributed by atoms with Crippen molar-refractivity contribution in [3.63, 3.8) is 0 Å². The summed E-state index contributed by atoms with van der Waals surface area (Å²) in [6, 6.07) is 16.9. The van der Waals surface area contributed by atoms with Crippen LogP contribution < -0.4 is 0 Å². The molecule has 1 fully saturated rings. The molecule has 2 heterocycles. The van der Waals surface area contributed by atoms with E-state index in [4.69, 9.17) is 4.98 Å². The highest BCUT2D eigenvalue weighted by Gasteiger charge is 2.23. The molecule has 3 aromatic rings. The average Bonchev–Trinajstić information content (AvgIpc) is 3.01. The Balaban J connectivity index is 1.49. The summed E-state index contributed by atoms with van der Waals surface area (Å²) in [5.41, 5.74) is 3.60. The SMILES string of the molecule is Brc1ccc(CN2CCC[C@H](c3nc4ccccc4[nH]3)C2)cc1. The van der Waals surface area contributed by atoms with Crippen LogP contribution in [0.2, 0.25) is 0 Å². The summed E-state index contributed by atoms with van der Waals surface area (Å²) in [5.74, 6) is 1.65. The monoisotopic (exact) mass is 369 g/mol. The Hall–Kier alpha value is -1.65. The van der Waals surface area contributed by atoms with Crippen LogP contribution in [0.1, 0.15) is 30.1 Å². The lowest BCUT2D eigenvalue weighted by atomic mass is 9.97. The number of fused-ring (bicyclic) bond motifs is 1. The van der Waals surface area contributed by atoms with Crippen molar-refractivity contribution in [3.8, 4) is 0 Å². The van der Waals surface area contributed by atoms with Crippen molar-refractivity contribution in [2.45, 2.75) is 25.3 Å². The zero-order valence-electron chi connectivity index (χ0n) is 13.0. The maximum absolute atomic E-state index is 4.80. The number of nitrogens with zero attached hydrogens (tertiary/aromatic N) is 2. The average molecular weight is 370 g/mol. The first-order chi connectivity index (χ1) is 11.3. The third-order valence-electron chi connectivity index (χ3n) is 4.62. The van der Waals surface area contributed by atoms with Gasteiger partial charge in [0.1, 0.15) is 5.82 Å². The molecule has 4 rings (SSSR count). The minimum atomic E-state index is 0.506. The number of halogens is 1. The van der Waals surface area contributed by atoms with Crippen LogP contribution in [0.3, 0.4) is 0 Å². The van der Waals surface area contributed by atoms with Crippen LogP contribution in [0.5, 0.6) is 0 Å². The van der Waals surface area contributed by atoms with Crippen molar-refractivity contribution in [2.24, 2.45) is 0 Å². The van der Waals surface area contributed by atoms with Gasteiger partial charge in [0.2, 0.25) is 0 Å². The number of nitrogens with one attached hydrogen (secondary N) is 1. The van der Waals surface area contributed by atoms with E-state index in [1.54, 1.807) is 0 Å². The fourth-order valence-corrected chi connectivity index (χ4v) is 3.70. The van der Waals surface area contributed by atoms with Crippen LogP contribution in [0, 0.1) is 0 Å². The third-order valence-corrected chi connectivity index (χ3v) is 5.15. The van der Waals surface area contributed by atoms with E-state index < -0.39 is 0 Å². The molecule has 3 nitrogen and oxygen atoms in total. The number of likely N-dealkylation sites (tertiary alicyclic amines) is 1. The summed E-state index contributed by atoms with van der Waals surface area (Å²) in [7, 11) is 0. The number of piperidine rings is 1. The number of rotatable bonds is 3. The van der Waals surface area contributed by atoms with Gasteiger partial charge in [0, 0.05) is 23.5 Å². The number of hydrogen-bond donors (Lipinski definition) is 1. The number of aromatic amines is 1. The molecule has 0 radical (unpaired) electrons. The second-order valence-corrected chi connectivity index (χ2v) is 7.26. The maximum Gasteiger partial charge on any atom is 0.111 e. The van der Waals surface area contributed by atoms with Crippen LogP contribution in [0.15, 0.2) is 53.0 Å². The molecule has 0 spiro atoms. The number of imidazole rings is 1. The number of para-hydroxylation sites is 2. The third kappa shape index (κ3) is 3.33. The number of H-pyrrole nitrogens is 1. The van der Waals surface area contributed by atoms with Crippen LogP contribution in [0.25, 0.3) is 11.0 Å². The minimum Gasteiger partial charge on any atom is -0.342 e. The number of hydrogen-bond acceptors (Lipinski definition) is 2. The van der Waals surface area contributed by atoms with Gasteiger partial charge in [-0.3, -0.25) is 4.90 Å². The van der Waals surface area contributed by atoms with Gasteiger partial charge in [-0.15, -0.1) is 0 Å². The van der Waals surface area contributed by atoms with Crippen LogP contribution in [-0.2, 0) is 6.54 Å². The topological polar surface area (TPSA) is 31.9 Å². The van der Waals surface area contributed by atoms with Crippen molar-refractivity contribution in [1.29, 1.82) is 0 Å². The smallest absolute Gasteiger partial charge is 0.111 e. The van der Waals surface area contributed by atoms with Gasteiger partial charge in [-0.25, -0.2) is 4.98 Å². The molecule has 4 heteroatoms. The van der Waals surface area contributed by atoms with Crippen molar-refractivity contribution in [3.05, 3.63) is 64.4 Å². The summed E-state index contributed by atoms with van der Waals surface area (Å²) in [5, 5.41) is 0. The summed E-state index contributed by atoms with van der Waals surface area (Å²) in [6.07, 6.45) is 2.45. The molecule has 118 valence electrons. The molecule has 1 aliphatic rings. The molecule has 23 heavy (non-hydrogen) atoms. The Morgan fingerprint density at radius 3 is 2.78 bits per heavy atom. The number of benzene rings is 2. The number of aromatic nitrogens is 2. The molecule has 1 aromatic heterocycles. The van der Waals surface area contributed by atoms with E-state index in [0.29, 0.717) is 5.92 Å². The van der Waals surface area contributed by atoms with Crippen molar-refractivity contribution < 1.29 is 0 Å². The van der Waals surface area contributed by atoms with E-state index >= 15 is 0 Å². The van der Waals surface area contributed by atoms with Crippen LogP contribution >= 0.6 is 15.9 Å². The molecule has 0 amide bonds. The maximum atomic E-state index is 4.80. The first-order valence-electron chi connectivity index (χ1n) is 8.19. The predicted molar refractivity (Wildman–Crippen MR) is 97.5 cm³/mol. The largest absolute Gasteiger partial charge is 0.342 e. The Bertz CT molecular complexity index is 761. The molecule has 1 atom stereocenters. The molecule has 0 unspecified atom stereocenters. The molecule has 1 aliphatic heterocycles. The van der Waals surface area contributed by atoms with Gasteiger partial charge >= 0.3 is 0 Å². The fourth-order valence-electron chi connectivity index (χ4n) is 3.44. The summed E-state index contributed by atoms with van der Waals surface area (Å²) >= 11 is 3.50. The second-order valence-electron chi connectivity index (χ2n) is 6.34. The van der Waals surface area contributed by atoms with Crippen molar-refractivity contribution in [2.75, 3.05) is 13.1 Å². The second kappa shape index (κ2) is 6.46. The highest BCUT2D eigenvalue weighted by molar-refractivity contribution is 9.10. The lowest BCUT2D eigenvalue weighted by Gasteiger charge is -2.31. The van der Waals surface area contributed by atoms with E-state index in [0.717, 1.165) is 34.4 Å². The molecule has 2 aromatic carbocycles. The van der Waals surface area contributed by atoms with E-state index in [-0.39, 0.29) is 0 Å². The van der Waals surface area contributed by atoms with E-state index in [2.05, 4.69) is 68.3 Å². The van der Waals surface area contributed by atoms with Crippen molar-refractivity contribution in [1.82, 2.24) is 14.9 Å².